The van der Waals surface area contributed by atoms with Crippen LogP contribution in [0.15, 0.2) is 0 Å². The average Bonchev–Trinajstić information content (AvgIpc) is 2.25. The molecule has 1 saturated carbocycles. The first-order valence-corrected chi connectivity index (χ1v) is 7.26. The molecule has 3 heteroatoms. The molecule has 2 N–H and O–H groups in total. The molecule has 1 fully saturated rings. The lowest BCUT2D eigenvalue weighted by molar-refractivity contribution is -0.133. The van der Waals surface area contributed by atoms with Crippen LogP contribution in [-0.4, -0.2) is 23.2 Å². The predicted molar refractivity (Wildman–Crippen MR) is 74.3 cm³/mol. The van der Waals surface area contributed by atoms with E-state index in [4.69, 9.17) is 0 Å². The summed E-state index contributed by atoms with van der Waals surface area (Å²) >= 11 is 0. The molecule has 0 aromatic carbocycles. The molecule has 0 aliphatic heterocycles. The molecule has 0 heterocycles. The normalized spacial score (nSPS) is 22.6. The van der Waals surface area contributed by atoms with Crippen molar-refractivity contribution in [1.29, 1.82) is 0 Å². The molecule has 1 amide bonds. The number of hydrogen-bond donors (Lipinski definition) is 2. The number of nitrogens with one attached hydrogen (secondary N) is 1. The van der Waals surface area contributed by atoms with Crippen LogP contribution in [0, 0.1) is 11.3 Å². The van der Waals surface area contributed by atoms with Crippen molar-refractivity contribution >= 4 is 5.91 Å². The Morgan fingerprint density at radius 3 is 2.39 bits per heavy atom. The minimum Gasteiger partial charge on any atom is -0.388 e. The van der Waals surface area contributed by atoms with Gasteiger partial charge in [0.25, 0.3) is 0 Å². The second-order valence-electron chi connectivity index (χ2n) is 6.90. The number of amides is 1. The van der Waals surface area contributed by atoms with Crippen molar-refractivity contribution in [2.24, 2.45) is 11.3 Å². The van der Waals surface area contributed by atoms with Crippen LogP contribution in [0.1, 0.15) is 66.2 Å². The van der Waals surface area contributed by atoms with Gasteiger partial charge in [-0.3, -0.25) is 4.79 Å². The third-order valence-electron chi connectivity index (χ3n) is 3.98. The quantitative estimate of drug-likeness (QED) is 0.793. The summed E-state index contributed by atoms with van der Waals surface area (Å²) in [5.41, 5.74) is -1.01. The fourth-order valence-corrected chi connectivity index (χ4v) is 2.99. The van der Waals surface area contributed by atoms with Gasteiger partial charge in [0, 0.05) is 12.0 Å². The summed E-state index contributed by atoms with van der Waals surface area (Å²) in [6.07, 6.45) is 6.20. The summed E-state index contributed by atoms with van der Waals surface area (Å²) in [6, 6.07) is 0. The summed E-state index contributed by atoms with van der Waals surface area (Å²) in [5, 5.41) is 13.2. The number of carbonyl (C=O) groups is 1. The van der Waals surface area contributed by atoms with Gasteiger partial charge in [-0.05, 0) is 32.1 Å². The number of aliphatic hydroxyl groups is 1. The van der Waals surface area contributed by atoms with Crippen LogP contribution < -0.4 is 5.32 Å². The Kier molecular flexibility index (Phi) is 5.20. The molecule has 0 radical (unpaired) electrons. The smallest absolute Gasteiger partial charge is 0.226 e. The molecular weight excluding hydrogens is 226 g/mol. The highest BCUT2D eigenvalue weighted by atomic mass is 16.3. The lowest BCUT2D eigenvalue weighted by Crippen LogP contribution is -2.47. The van der Waals surface area contributed by atoms with E-state index in [1.807, 2.05) is 0 Å². The summed E-state index contributed by atoms with van der Waals surface area (Å²) in [7, 11) is 0. The molecule has 0 aromatic rings. The Labute approximate surface area is 111 Å². The molecule has 1 aliphatic carbocycles. The van der Waals surface area contributed by atoms with E-state index in [-0.39, 0.29) is 11.3 Å². The van der Waals surface area contributed by atoms with E-state index in [1.54, 1.807) is 6.92 Å². The molecule has 0 spiro atoms. The van der Waals surface area contributed by atoms with E-state index in [2.05, 4.69) is 26.1 Å². The molecule has 106 valence electrons. The number of hydrogen-bond acceptors (Lipinski definition) is 2. The van der Waals surface area contributed by atoms with Gasteiger partial charge in [-0.25, -0.2) is 0 Å². The summed E-state index contributed by atoms with van der Waals surface area (Å²) in [4.78, 5) is 12.2. The van der Waals surface area contributed by atoms with Crippen molar-refractivity contribution in [3.05, 3.63) is 0 Å². The van der Waals surface area contributed by atoms with Gasteiger partial charge >= 0.3 is 0 Å². The van der Waals surface area contributed by atoms with Crippen LogP contribution in [-0.2, 0) is 4.79 Å². The lowest BCUT2D eigenvalue weighted by Gasteiger charge is -2.34. The Bertz CT molecular complexity index is 278. The molecular formula is C15H29NO2. The summed E-state index contributed by atoms with van der Waals surface area (Å²) < 4.78 is 0. The van der Waals surface area contributed by atoms with Crippen LogP contribution >= 0.6 is 0 Å². The Morgan fingerprint density at radius 1 is 1.33 bits per heavy atom. The minimum atomic E-state index is -0.797. The Balaban J connectivity index is 2.45. The molecule has 3 nitrogen and oxygen atoms in total. The van der Waals surface area contributed by atoms with Crippen LogP contribution in [0.4, 0.5) is 0 Å². The van der Waals surface area contributed by atoms with Gasteiger partial charge in [0.1, 0.15) is 0 Å². The van der Waals surface area contributed by atoms with Crippen LogP contribution in [0.25, 0.3) is 0 Å². The maximum atomic E-state index is 12.2. The van der Waals surface area contributed by atoms with Crippen molar-refractivity contribution in [3.63, 3.8) is 0 Å². The predicted octanol–water partition coefficient (Wildman–Crippen LogP) is 2.87. The first kappa shape index (κ1) is 15.5. The average molecular weight is 255 g/mol. The highest BCUT2D eigenvalue weighted by molar-refractivity contribution is 5.82. The van der Waals surface area contributed by atoms with Gasteiger partial charge in [0.05, 0.1) is 5.60 Å². The van der Waals surface area contributed by atoms with Crippen molar-refractivity contribution in [1.82, 2.24) is 5.32 Å². The van der Waals surface area contributed by atoms with Gasteiger partial charge in [0.2, 0.25) is 5.91 Å². The van der Waals surface area contributed by atoms with Crippen LogP contribution in [0.2, 0.25) is 0 Å². The summed E-state index contributed by atoms with van der Waals surface area (Å²) in [6.45, 7) is 8.38. The van der Waals surface area contributed by atoms with E-state index < -0.39 is 5.60 Å². The van der Waals surface area contributed by atoms with Gasteiger partial charge in [-0.1, -0.05) is 40.0 Å². The van der Waals surface area contributed by atoms with Crippen LogP contribution in [0.5, 0.6) is 0 Å². The first-order valence-electron chi connectivity index (χ1n) is 7.26. The van der Waals surface area contributed by atoms with Crippen molar-refractivity contribution < 1.29 is 9.90 Å². The van der Waals surface area contributed by atoms with Gasteiger partial charge < -0.3 is 10.4 Å². The number of rotatable bonds is 5. The Hall–Kier alpha value is -0.570. The largest absolute Gasteiger partial charge is 0.388 e. The zero-order valence-electron chi connectivity index (χ0n) is 12.4. The summed E-state index contributed by atoms with van der Waals surface area (Å²) in [5.74, 6) is 0.549. The lowest BCUT2D eigenvalue weighted by atomic mass is 9.75. The third kappa shape index (κ3) is 4.60. The first-order chi connectivity index (χ1) is 8.25. The fourth-order valence-electron chi connectivity index (χ4n) is 2.99. The highest BCUT2D eigenvalue weighted by Gasteiger charge is 2.35. The molecule has 0 aromatic heterocycles. The van der Waals surface area contributed by atoms with Crippen molar-refractivity contribution in [3.8, 4) is 0 Å². The van der Waals surface area contributed by atoms with E-state index >= 15 is 0 Å². The van der Waals surface area contributed by atoms with Crippen molar-refractivity contribution in [2.75, 3.05) is 6.54 Å². The standard InChI is InChI=1S/C15H29NO2/c1-12(2)10-15(4,18)11-16-13(17)14(3)8-6-5-7-9-14/h12,18H,5-11H2,1-4H3,(H,16,17). The molecule has 0 bridgehead atoms. The van der Waals surface area contributed by atoms with Gasteiger partial charge in [-0.2, -0.15) is 0 Å². The Morgan fingerprint density at radius 2 is 1.89 bits per heavy atom. The maximum Gasteiger partial charge on any atom is 0.226 e. The van der Waals surface area contributed by atoms with Crippen molar-refractivity contribution in [2.45, 2.75) is 71.8 Å². The third-order valence-corrected chi connectivity index (χ3v) is 3.98. The monoisotopic (exact) mass is 255 g/mol. The van der Waals surface area contributed by atoms with Gasteiger partial charge in [0.15, 0.2) is 0 Å². The zero-order valence-corrected chi connectivity index (χ0v) is 12.4. The molecule has 1 atom stereocenters. The zero-order chi connectivity index (χ0) is 13.8. The highest BCUT2D eigenvalue weighted by Crippen LogP contribution is 2.35. The van der Waals surface area contributed by atoms with E-state index in [0.717, 1.165) is 25.7 Å². The maximum absolute atomic E-state index is 12.2. The van der Waals surface area contributed by atoms with E-state index in [1.165, 1.54) is 6.42 Å². The SMILES string of the molecule is CC(C)CC(C)(O)CNC(=O)C1(C)CCCCC1. The molecule has 18 heavy (non-hydrogen) atoms. The molecule has 1 rings (SSSR count). The van der Waals surface area contributed by atoms with Crippen LogP contribution in [0.3, 0.4) is 0 Å². The fraction of sp³-hybridized carbons (Fsp3) is 0.933. The number of carbonyl (C=O) groups excluding carboxylic acids is 1. The molecule has 1 unspecified atom stereocenters. The molecule has 0 saturated heterocycles. The second kappa shape index (κ2) is 6.05. The van der Waals surface area contributed by atoms with E-state index in [0.29, 0.717) is 18.9 Å². The van der Waals surface area contributed by atoms with Gasteiger partial charge in [-0.15, -0.1) is 0 Å². The molecule has 1 aliphatic rings. The topological polar surface area (TPSA) is 49.3 Å². The minimum absolute atomic E-state index is 0.117. The second-order valence-corrected chi connectivity index (χ2v) is 6.90. The van der Waals surface area contributed by atoms with E-state index in [9.17, 15) is 9.90 Å².